The number of hydrogen-bond donors (Lipinski definition) is 0. The SMILES string of the molecule is O=C1C(=O)N(CCOCCCl)c2cc(F)c(Cl)cc21. The highest BCUT2D eigenvalue weighted by Crippen LogP contribution is 2.32. The molecule has 19 heavy (non-hydrogen) atoms. The number of alkyl halides is 1. The van der Waals surface area contributed by atoms with Crippen LogP contribution in [0.5, 0.6) is 0 Å². The van der Waals surface area contributed by atoms with Crippen molar-refractivity contribution in [1.82, 2.24) is 0 Å². The number of nitrogens with zero attached hydrogens (tertiary/aromatic N) is 1. The molecule has 0 atom stereocenters. The third-order valence-corrected chi connectivity index (χ3v) is 3.14. The summed E-state index contributed by atoms with van der Waals surface area (Å²) >= 11 is 11.0. The van der Waals surface area contributed by atoms with E-state index in [1.165, 1.54) is 11.0 Å². The topological polar surface area (TPSA) is 46.6 Å². The van der Waals surface area contributed by atoms with E-state index in [9.17, 15) is 14.0 Å². The van der Waals surface area contributed by atoms with E-state index in [1.54, 1.807) is 0 Å². The molecule has 0 bridgehead atoms. The number of carbonyl (C=O) groups is 2. The predicted octanol–water partition coefficient (Wildman–Crippen LogP) is 2.26. The van der Waals surface area contributed by atoms with Gasteiger partial charge in [-0.25, -0.2) is 4.39 Å². The van der Waals surface area contributed by atoms with Crippen LogP contribution in [0, 0.1) is 5.82 Å². The van der Waals surface area contributed by atoms with E-state index in [0.29, 0.717) is 12.5 Å². The van der Waals surface area contributed by atoms with Gasteiger partial charge in [0, 0.05) is 12.4 Å². The van der Waals surface area contributed by atoms with Crippen LogP contribution < -0.4 is 4.90 Å². The minimum absolute atomic E-state index is 0.119. The molecule has 1 heterocycles. The maximum absolute atomic E-state index is 13.4. The summed E-state index contributed by atoms with van der Waals surface area (Å²) in [4.78, 5) is 24.7. The number of rotatable bonds is 5. The van der Waals surface area contributed by atoms with Crippen LogP contribution in [0.3, 0.4) is 0 Å². The van der Waals surface area contributed by atoms with Crippen LogP contribution in [0.1, 0.15) is 10.4 Å². The van der Waals surface area contributed by atoms with Gasteiger partial charge < -0.3 is 9.64 Å². The highest BCUT2D eigenvalue weighted by atomic mass is 35.5. The van der Waals surface area contributed by atoms with Crippen molar-refractivity contribution < 1.29 is 18.7 Å². The van der Waals surface area contributed by atoms with Crippen LogP contribution in [-0.2, 0) is 9.53 Å². The summed E-state index contributed by atoms with van der Waals surface area (Å²) in [5.74, 6) is -1.72. The van der Waals surface area contributed by atoms with Crippen LogP contribution in [0.15, 0.2) is 12.1 Å². The van der Waals surface area contributed by atoms with Crippen molar-refractivity contribution in [3.63, 3.8) is 0 Å². The first-order chi connectivity index (χ1) is 9.06. The minimum Gasteiger partial charge on any atom is -0.378 e. The van der Waals surface area contributed by atoms with Crippen LogP contribution >= 0.6 is 23.2 Å². The normalized spacial score (nSPS) is 14.2. The van der Waals surface area contributed by atoms with Gasteiger partial charge in [-0.3, -0.25) is 9.59 Å². The van der Waals surface area contributed by atoms with Gasteiger partial charge in [-0.2, -0.15) is 0 Å². The fourth-order valence-electron chi connectivity index (χ4n) is 1.82. The Labute approximate surface area is 119 Å². The van der Waals surface area contributed by atoms with Crippen molar-refractivity contribution in [3.05, 3.63) is 28.5 Å². The zero-order valence-electron chi connectivity index (χ0n) is 9.79. The number of ether oxygens (including phenoxy) is 1. The van der Waals surface area contributed by atoms with E-state index in [2.05, 4.69) is 0 Å². The molecule has 0 N–H and O–H groups in total. The average Bonchev–Trinajstić information content (AvgIpc) is 2.60. The summed E-state index contributed by atoms with van der Waals surface area (Å²) in [5.41, 5.74) is 0.347. The number of benzene rings is 1. The molecular formula is C12H10Cl2FNO3. The predicted molar refractivity (Wildman–Crippen MR) is 69.6 cm³/mol. The Balaban J connectivity index is 2.21. The van der Waals surface area contributed by atoms with Gasteiger partial charge in [0.05, 0.1) is 29.5 Å². The van der Waals surface area contributed by atoms with E-state index in [0.717, 1.165) is 6.07 Å². The molecule has 1 aromatic rings. The first-order valence-electron chi connectivity index (χ1n) is 5.55. The molecule has 0 spiro atoms. The smallest absolute Gasteiger partial charge is 0.299 e. The zero-order valence-corrected chi connectivity index (χ0v) is 11.3. The lowest BCUT2D eigenvalue weighted by Gasteiger charge is -2.16. The van der Waals surface area contributed by atoms with Crippen molar-refractivity contribution in [1.29, 1.82) is 0 Å². The fraction of sp³-hybridized carbons (Fsp3) is 0.333. The quantitative estimate of drug-likeness (QED) is 0.476. The van der Waals surface area contributed by atoms with Crippen LogP contribution in [0.25, 0.3) is 0 Å². The second kappa shape index (κ2) is 5.86. The second-order valence-corrected chi connectivity index (χ2v) is 4.66. The van der Waals surface area contributed by atoms with Crippen molar-refractivity contribution in [3.8, 4) is 0 Å². The van der Waals surface area contributed by atoms with Gasteiger partial charge in [0.1, 0.15) is 5.82 Å². The van der Waals surface area contributed by atoms with Crippen LogP contribution in [0.2, 0.25) is 5.02 Å². The number of Topliss-reactive ketones (excluding diaryl/α,β-unsaturated/α-hetero) is 1. The largest absolute Gasteiger partial charge is 0.378 e. The van der Waals surface area contributed by atoms with Crippen molar-refractivity contribution >= 4 is 40.6 Å². The number of amides is 1. The highest BCUT2D eigenvalue weighted by Gasteiger charge is 2.36. The van der Waals surface area contributed by atoms with Gasteiger partial charge in [-0.15, -0.1) is 11.6 Å². The highest BCUT2D eigenvalue weighted by molar-refractivity contribution is 6.52. The average molecular weight is 306 g/mol. The maximum atomic E-state index is 13.4. The Morgan fingerprint density at radius 1 is 1.26 bits per heavy atom. The number of ketones is 1. The molecule has 0 saturated heterocycles. The van der Waals surface area contributed by atoms with E-state index < -0.39 is 17.5 Å². The molecule has 1 aliphatic rings. The van der Waals surface area contributed by atoms with E-state index >= 15 is 0 Å². The molecule has 0 fully saturated rings. The number of hydrogen-bond acceptors (Lipinski definition) is 3. The van der Waals surface area contributed by atoms with Gasteiger partial charge in [0.25, 0.3) is 11.7 Å². The Hall–Kier alpha value is -1.17. The summed E-state index contributed by atoms with van der Waals surface area (Å²) in [7, 11) is 0. The molecular weight excluding hydrogens is 296 g/mol. The molecule has 0 radical (unpaired) electrons. The summed E-state index contributed by atoms with van der Waals surface area (Å²) < 4.78 is 18.6. The number of fused-ring (bicyclic) bond motifs is 1. The number of anilines is 1. The summed E-state index contributed by atoms with van der Waals surface area (Å²) in [5, 5.41) is -0.180. The van der Waals surface area contributed by atoms with Gasteiger partial charge in [-0.05, 0) is 12.1 Å². The fourth-order valence-corrected chi connectivity index (χ4v) is 2.10. The summed E-state index contributed by atoms with van der Waals surface area (Å²) in [6, 6.07) is 2.26. The molecule has 4 nitrogen and oxygen atoms in total. The summed E-state index contributed by atoms with van der Waals surface area (Å²) in [6.07, 6.45) is 0. The van der Waals surface area contributed by atoms with Gasteiger partial charge >= 0.3 is 0 Å². The summed E-state index contributed by atoms with van der Waals surface area (Å²) in [6.45, 7) is 0.727. The first kappa shape index (κ1) is 14.2. The molecule has 7 heteroatoms. The van der Waals surface area contributed by atoms with Crippen molar-refractivity contribution in [2.75, 3.05) is 30.5 Å². The zero-order chi connectivity index (χ0) is 14.0. The third kappa shape index (κ3) is 2.73. The van der Waals surface area contributed by atoms with Gasteiger partial charge in [0.2, 0.25) is 0 Å². The molecule has 0 saturated carbocycles. The van der Waals surface area contributed by atoms with Gasteiger partial charge in [-0.1, -0.05) is 11.6 Å². The monoisotopic (exact) mass is 305 g/mol. The lowest BCUT2D eigenvalue weighted by molar-refractivity contribution is -0.114. The Morgan fingerprint density at radius 3 is 2.68 bits per heavy atom. The molecule has 0 aromatic heterocycles. The molecule has 1 amide bonds. The molecule has 0 unspecified atom stereocenters. The first-order valence-corrected chi connectivity index (χ1v) is 6.46. The number of carbonyl (C=O) groups excluding carboxylic acids is 2. The standard InChI is InChI=1S/C12H10Cl2FNO3/c13-1-3-19-4-2-16-10-6-9(15)8(14)5-7(10)11(17)12(16)18/h5-6H,1-4H2. The Morgan fingerprint density at radius 2 is 2.00 bits per heavy atom. The van der Waals surface area contributed by atoms with Gasteiger partial charge in [0.15, 0.2) is 0 Å². The van der Waals surface area contributed by atoms with E-state index in [1.807, 2.05) is 0 Å². The van der Waals surface area contributed by atoms with Crippen molar-refractivity contribution in [2.45, 2.75) is 0 Å². The molecule has 2 rings (SSSR count). The maximum Gasteiger partial charge on any atom is 0.299 e. The van der Waals surface area contributed by atoms with Crippen LogP contribution in [-0.4, -0.2) is 37.3 Å². The van der Waals surface area contributed by atoms with E-state index in [4.69, 9.17) is 27.9 Å². The molecule has 0 aliphatic carbocycles. The molecule has 102 valence electrons. The number of halogens is 3. The molecule has 1 aromatic carbocycles. The minimum atomic E-state index is -0.703. The second-order valence-electron chi connectivity index (χ2n) is 3.87. The lowest BCUT2D eigenvalue weighted by atomic mass is 10.1. The third-order valence-electron chi connectivity index (χ3n) is 2.69. The Kier molecular flexibility index (Phi) is 4.39. The van der Waals surface area contributed by atoms with Crippen LogP contribution in [0.4, 0.5) is 10.1 Å². The van der Waals surface area contributed by atoms with E-state index in [-0.39, 0.29) is 29.4 Å². The van der Waals surface area contributed by atoms with Crippen molar-refractivity contribution in [2.24, 2.45) is 0 Å². The lowest BCUT2D eigenvalue weighted by Crippen LogP contribution is -2.33. The molecule has 1 aliphatic heterocycles. The Bertz CT molecular complexity index is 536.